The monoisotopic (exact) mass is 335 g/mol. The standard InChI is InChI=1S/C17H25N3O4/c1-19(9-10-21)16(22)11-14-17(23)18-7-8-20(14)12-13-5-3-4-6-15(13)24-2/h3-6,14,21H,7-12H2,1-2H3,(H,18,23)/t14-/m0/s1. The summed E-state index contributed by atoms with van der Waals surface area (Å²) in [6, 6.07) is 7.15. The molecule has 1 aromatic carbocycles. The molecular formula is C17H25N3O4. The molecule has 1 atom stereocenters. The zero-order valence-corrected chi connectivity index (χ0v) is 14.2. The van der Waals surface area contributed by atoms with Crippen molar-refractivity contribution in [2.75, 3.05) is 40.4 Å². The van der Waals surface area contributed by atoms with Crippen LogP contribution in [-0.2, 0) is 16.1 Å². The van der Waals surface area contributed by atoms with Gasteiger partial charge in [-0.3, -0.25) is 14.5 Å². The van der Waals surface area contributed by atoms with Gasteiger partial charge < -0.3 is 20.1 Å². The first-order valence-electron chi connectivity index (χ1n) is 8.05. The number of benzene rings is 1. The minimum absolute atomic E-state index is 0.0932. The molecule has 0 unspecified atom stereocenters. The number of hydrogen-bond donors (Lipinski definition) is 2. The van der Waals surface area contributed by atoms with Gasteiger partial charge in [-0.2, -0.15) is 0 Å². The lowest BCUT2D eigenvalue weighted by Crippen LogP contribution is -2.56. The summed E-state index contributed by atoms with van der Waals surface area (Å²) in [6.45, 7) is 1.94. The molecular weight excluding hydrogens is 310 g/mol. The van der Waals surface area contributed by atoms with E-state index in [4.69, 9.17) is 9.84 Å². The third-order valence-corrected chi connectivity index (χ3v) is 4.24. The fourth-order valence-electron chi connectivity index (χ4n) is 2.82. The van der Waals surface area contributed by atoms with Crippen LogP contribution in [0.1, 0.15) is 12.0 Å². The Bertz CT molecular complexity index is 579. The Morgan fingerprint density at radius 3 is 2.92 bits per heavy atom. The van der Waals surface area contributed by atoms with Crippen molar-refractivity contribution in [3.63, 3.8) is 0 Å². The highest BCUT2D eigenvalue weighted by molar-refractivity contribution is 5.88. The zero-order valence-electron chi connectivity index (χ0n) is 14.2. The van der Waals surface area contributed by atoms with Gasteiger partial charge in [0.1, 0.15) is 5.75 Å². The third-order valence-electron chi connectivity index (χ3n) is 4.24. The van der Waals surface area contributed by atoms with E-state index in [1.165, 1.54) is 4.90 Å². The van der Waals surface area contributed by atoms with Gasteiger partial charge in [0.25, 0.3) is 0 Å². The van der Waals surface area contributed by atoms with E-state index < -0.39 is 6.04 Å². The van der Waals surface area contributed by atoms with E-state index in [1.807, 2.05) is 29.2 Å². The van der Waals surface area contributed by atoms with Crippen LogP contribution in [0.15, 0.2) is 24.3 Å². The van der Waals surface area contributed by atoms with E-state index in [9.17, 15) is 9.59 Å². The molecule has 7 heteroatoms. The number of amides is 2. The van der Waals surface area contributed by atoms with Gasteiger partial charge in [-0.05, 0) is 6.07 Å². The Balaban J connectivity index is 2.11. The largest absolute Gasteiger partial charge is 0.496 e. The lowest BCUT2D eigenvalue weighted by Gasteiger charge is -2.35. The lowest BCUT2D eigenvalue weighted by atomic mass is 10.1. The molecule has 1 aliphatic rings. The van der Waals surface area contributed by atoms with Gasteiger partial charge in [-0.25, -0.2) is 0 Å². The molecule has 132 valence electrons. The maximum absolute atomic E-state index is 12.3. The van der Waals surface area contributed by atoms with Gasteiger partial charge in [0, 0.05) is 38.8 Å². The predicted octanol–water partition coefficient (Wildman–Crippen LogP) is -0.164. The fraction of sp³-hybridized carbons (Fsp3) is 0.529. The lowest BCUT2D eigenvalue weighted by molar-refractivity contribution is -0.138. The van der Waals surface area contributed by atoms with E-state index in [1.54, 1.807) is 14.2 Å². The number of piperazine rings is 1. The summed E-state index contributed by atoms with van der Waals surface area (Å²) in [5.41, 5.74) is 0.982. The number of likely N-dealkylation sites (N-methyl/N-ethyl adjacent to an activating group) is 1. The molecule has 7 nitrogen and oxygen atoms in total. The smallest absolute Gasteiger partial charge is 0.237 e. The van der Waals surface area contributed by atoms with Gasteiger partial charge in [0.2, 0.25) is 11.8 Å². The molecule has 0 bridgehead atoms. The number of para-hydroxylation sites is 1. The van der Waals surface area contributed by atoms with Crippen LogP contribution < -0.4 is 10.1 Å². The van der Waals surface area contributed by atoms with Crippen LogP contribution in [0.2, 0.25) is 0 Å². The quantitative estimate of drug-likeness (QED) is 0.723. The number of nitrogens with zero attached hydrogens (tertiary/aromatic N) is 2. The Hall–Kier alpha value is -2.12. The van der Waals surface area contributed by atoms with Crippen LogP contribution in [0, 0.1) is 0 Å². The Morgan fingerprint density at radius 2 is 2.21 bits per heavy atom. The minimum Gasteiger partial charge on any atom is -0.496 e. The second kappa shape index (κ2) is 8.65. The Kier molecular flexibility index (Phi) is 6.57. The van der Waals surface area contributed by atoms with Crippen LogP contribution >= 0.6 is 0 Å². The molecule has 2 N–H and O–H groups in total. The third kappa shape index (κ3) is 4.46. The van der Waals surface area contributed by atoms with Gasteiger partial charge >= 0.3 is 0 Å². The predicted molar refractivity (Wildman–Crippen MR) is 89.5 cm³/mol. The number of aliphatic hydroxyl groups is 1. The summed E-state index contributed by atoms with van der Waals surface area (Å²) >= 11 is 0. The van der Waals surface area contributed by atoms with E-state index in [0.717, 1.165) is 11.3 Å². The van der Waals surface area contributed by atoms with E-state index in [0.29, 0.717) is 19.6 Å². The normalized spacial score (nSPS) is 18.1. The van der Waals surface area contributed by atoms with Crippen molar-refractivity contribution in [1.82, 2.24) is 15.1 Å². The Morgan fingerprint density at radius 1 is 1.46 bits per heavy atom. The molecule has 0 saturated carbocycles. The SMILES string of the molecule is COc1ccccc1CN1CCNC(=O)[C@@H]1CC(=O)N(C)CCO. The molecule has 2 amide bonds. The number of aliphatic hydroxyl groups excluding tert-OH is 1. The van der Waals surface area contributed by atoms with Crippen LogP contribution in [0.5, 0.6) is 5.75 Å². The molecule has 0 aromatic heterocycles. The number of rotatable bonds is 7. The molecule has 1 saturated heterocycles. The number of nitrogens with one attached hydrogen (secondary N) is 1. The van der Waals surface area contributed by atoms with Crippen molar-refractivity contribution in [3.05, 3.63) is 29.8 Å². The molecule has 0 radical (unpaired) electrons. The second-order valence-corrected chi connectivity index (χ2v) is 5.83. The summed E-state index contributed by atoms with van der Waals surface area (Å²) in [7, 11) is 3.25. The fourth-order valence-corrected chi connectivity index (χ4v) is 2.82. The van der Waals surface area contributed by atoms with Crippen LogP contribution in [0.4, 0.5) is 0 Å². The Labute approximate surface area is 142 Å². The second-order valence-electron chi connectivity index (χ2n) is 5.83. The highest BCUT2D eigenvalue weighted by Crippen LogP contribution is 2.22. The maximum atomic E-state index is 12.3. The highest BCUT2D eigenvalue weighted by Gasteiger charge is 2.32. The molecule has 0 spiro atoms. The molecule has 1 aliphatic heterocycles. The maximum Gasteiger partial charge on any atom is 0.237 e. The van der Waals surface area contributed by atoms with Crippen molar-refractivity contribution in [2.45, 2.75) is 19.0 Å². The molecule has 0 aliphatic carbocycles. The molecule has 24 heavy (non-hydrogen) atoms. The number of hydrogen-bond acceptors (Lipinski definition) is 5. The van der Waals surface area contributed by atoms with Crippen molar-refractivity contribution in [2.24, 2.45) is 0 Å². The first-order valence-corrected chi connectivity index (χ1v) is 8.05. The number of ether oxygens (including phenoxy) is 1. The summed E-state index contributed by atoms with van der Waals surface area (Å²) in [6.07, 6.45) is 0.0947. The van der Waals surface area contributed by atoms with Gasteiger partial charge in [-0.15, -0.1) is 0 Å². The van der Waals surface area contributed by atoms with Crippen molar-refractivity contribution in [3.8, 4) is 5.75 Å². The van der Waals surface area contributed by atoms with Gasteiger partial charge in [0.05, 0.1) is 26.2 Å². The topological polar surface area (TPSA) is 82.1 Å². The highest BCUT2D eigenvalue weighted by atomic mass is 16.5. The summed E-state index contributed by atoms with van der Waals surface area (Å²) in [4.78, 5) is 28.0. The van der Waals surface area contributed by atoms with Crippen molar-refractivity contribution in [1.29, 1.82) is 0 Å². The summed E-state index contributed by atoms with van der Waals surface area (Å²) < 4.78 is 5.37. The first kappa shape index (κ1) is 18.2. The van der Waals surface area contributed by atoms with E-state index in [2.05, 4.69) is 5.32 Å². The average Bonchev–Trinajstić information content (AvgIpc) is 2.58. The molecule has 1 fully saturated rings. The van der Waals surface area contributed by atoms with Crippen molar-refractivity contribution >= 4 is 11.8 Å². The number of methoxy groups -OCH3 is 1. The molecule has 1 aromatic rings. The van der Waals surface area contributed by atoms with Crippen LogP contribution in [0.3, 0.4) is 0 Å². The summed E-state index contributed by atoms with van der Waals surface area (Å²) in [5, 5.41) is 11.8. The van der Waals surface area contributed by atoms with Gasteiger partial charge in [-0.1, -0.05) is 18.2 Å². The van der Waals surface area contributed by atoms with Gasteiger partial charge in [0.15, 0.2) is 0 Å². The first-order chi connectivity index (χ1) is 11.6. The minimum atomic E-state index is -0.516. The number of carbonyl (C=O) groups excluding carboxylic acids is 2. The van der Waals surface area contributed by atoms with E-state index >= 15 is 0 Å². The molecule has 1 heterocycles. The average molecular weight is 335 g/mol. The zero-order chi connectivity index (χ0) is 17.5. The van der Waals surface area contributed by atoms with Crippen molar-refractivity contribution < 1.29 is 19.4 Å². The number of carbonyl (C=O) groups is 2. The van der Waals surface area contributed by atoms with E-state index in [-0.39, 0.29) is 31.4 Å². The van der Waals surface area contributed by atoms with Crippen LogP contribution in [-0.4, -0.2) is 73.2 Å². The summed E-state index contributed by atoms with van der Waals surface area (Å²) in [5.74, 6) is 0.476. The molecule has 2 rings (SSSR count). The van der Waals surface area contributed by atoms with Crippen LogP contribution in [0.25, 0.3) is 0 Å².